The summed E-state index contributed by atoms with van der Waals surface area (Å²) in [6, 6.07) is 15.3. The van der Waals surface area contributed by atoms with E-state index in [-0.39, 0.29) is 41.8 Å². The van der Waals surface area contributed by atoms with Crippen molar-refractivity contribution in [2.75, 3.05) is 37.4 Å². The second-order valence-corrected chi connectivity index (χ2v) is 12.6. The van der Waals surface area contributed by atoms with Gasteiger partial charge in [-0.3, -0.25) is 4.79 Å². The van der Waals surface area contributed by atoms with E-state index in [1.165, 1.54) is 46.6 Å². The number of halogens is 1. The van der Waals surface area contributed by atoms with Crippen molar-refractivity contribution in [2.24, 2.45) is 5.92 Å². The third-order valence-electron chi connectivity index (χ3n) is 7.19. The van der Waals surface area contributed by atoms with Crippen LogP contribution in [0.2, 0.25) is 0 Å². The van der Waals surface area contributed by atoms with E-state index < -0.39 is 39.9 Å². The number of fused-ring (bicyclic) bond motifs is 1. The number of rotatable bonds is 8. The molecule has 4 rings (SSSR count). The normalized spacial score (nSPS) is 18.0. The number of hydrogen-bond acceptors (Lipinski definition) is 6. The van der Waals surface area contributed by atoms with Gasteiger partial charge in [-0.1, -0.05) is 24.6 Å². The molecule has 3 aromatic carbocycles. The number of carbonyl (C=O) groups excluding carboxylic acids is 2. The first-order valence-electron chi connectivity index (χ1n) is 13.5. The Labute approximate surface area is 245 Å². The van der Waals surface area contributed by atoms with Crippen LogP contribution in [0.1, 0.15) is 29.8 Å². The van der Waals surface area contributed by atoms with E-state index in [9.17, 15) is 27.5 Å². The Morgan fingerprint density at radius 1 is 1.10 bits per heavy atom. The van der Waals surface area contributed by atoms with Gasteiger partial charge in [0.15, 0.2) is 0 Å². The zero-order valence-corrected chi connectivity index (χ0v) is 24.7. The summed E-state index contributed by atoms with van der Waals surface area (Å²) < 4.78 is 47.3. The van der Waals surface area contributed by atoms with E-state index in [1.807, 2.05) is 13.8 Å². The summed E-state index contributed by atoms with van der Waals surface area (Å²) in [6.45, 7) is 5.38. The number of nitrogens with zero attached hydrogens (tertiary/aromatic N) is 2. The van der Waals surface area contributed by atoms with Gasteiger partial charge in [0.1, 0.15) is 17.7 Å². The second kappa shape index (κ2) is 12.9. The molecule has 3 atom stereocenters. The van der Waals surface area contributed by atoms with Gasteiger partial charge < -0.3 is 25.4 Å². The Kier molecular flexibility index (Phi) is 9.50. The minimum absolute atomic E-state index is 0.00638. The standard InChI is InChI=1S/C30H35FN4O6S/c1-19-5-12-25(13-6-19)42(39,40)34(4)17-28-20(2)16-35(21(3)18-36)29(37)26-15-24(11-14-27(26)41-28)33-30(38)32-23-9-7-22(31)8-10-23/h5-15,20-21,28,36H,16-18H2,1-4H3,(H2,32,33,38)/t20-,21+,28+/m1/s1. The smallest absolute Gasteiger partial charge is 0.323 e. The highest BCUT2D eigenvalue weighted by Gasteiger charge is 2.35. The van der Waals surface area contributed by atoms with Crippen LogP contribution in [0.5, 0.6) is 5.75 Å². The quantitative estimate of drug-likeness (QED) is 0.354. The van der Waals surface area contributed by atoms with Crippen LogP contribution in [-0.4, -0.2) is 73.6 Å². The Morgan fingerprint density at radius 3 is 2.36 bits per heavy atom. The Bertz CT molecular complexity index is 1530. The van der Waals surface area contributed by atoms with Crippen molar-refractivity contribution >= 4 is 33.3 Å². The molecule has 224 valence electrons. The molecular weight excluding hydrogens is 563 g/mol. The molecule has 0 saturated heterocycles. The van der Waals surface area contributed by atoms with Gasteiger partial charge in [0.25, 0.3) is 5.91 Å². The zero-order valence-electron chi connectivity index (χ0n) is 23.9. The van der Waals surface area contributed by atoms with Crippen molar-refractivity contribution in [1.29, 1.82) is 0 Å². The number of carbonyl (C=O) groups is 2. The lowest BCUT2D eigenvalue weighted by Crippen LogP contribution is -2.50. The maximum Gasteiger partial charge on any atom is 0.323 e. The molecule has 0 spiro atoms. The van der Waals surface area contributed by atoms with Gasteiger partial charge in [-0.05, 0) is 68.4 Å². The molecule has 0 aliphatic carbocycles. The maximum absolute atomic E-state index is 13.7. The number of nitrogens with one attached hydrogen (secondary N) is 2. The summed E-state index contributed by atoms with van der Waals surface area (Å²) in [6.07, 6.45) is -0.643. The highest BCUT2D eigenvalue weighted by atomic mass is 32.2. The molecule has 0 bridgehead atoms. The van der Waals surface area contributed by atoms with Crippen molar-refractivity contribution in [3.63, 3.8) is 0 Å². The fourth-order valence-electron chi connectivity index (χ4n) is 4.59. The molecule has 0 radical (unpaired) electrons. The Balaban J connectivity index is 1.61. The van der Waals surface area contributed by atoms with Crippen LogP contribution in [0.25, 0.3) is 0 Å². The third kappa shape index (κ3) is 7.07. The first kappa shape index (κ1) is 30.9. The van der Waals surface area contributed by atoms with Crippen LogP contribution < -0.4 is 15.4 Å². The van der Waals surface area contributed by atoms with E-state index in [4.69, 9.17) is 4.74 Å². The van der Waals surface area contributed by atoms with Crippen molar-refractivity contribution in [3.8, 4) is 5.75 Å². The highest BCUT2D eigenvalue weighted by molar-refractivity contribution is 7.89. The molecule has 0 aromatic heterocycles. The van der Waals surface area contributed by atoms with Gasteiger partial charge in [-0.15, -0.1) is 0 Å². The number of ether oxygens (including phenoxy) is 1. The predicted octanol–water partition coefficient (Wildman–Crippen LogP) is 4.32. The first-order chi connectivity index (χ1) is 19.9. The summed E-state index contributed by atoms with van der Waals surface area (Å²) in [7, 11) is -2.33. The number of urea groups is 1. The molecule has 0 saturated carbocycles. The molecule has 0 unspecified atom stereocenters. The largest absolute Gasteiger partial charge is 0.488 e. The van der Waals surface area contributed by atoms with Gasteiger partial charge in [-0.2, -0.15) is 4.31 Å². The number of anilines is 2. The average Bonchev–Trinajstić information content (AvgIpc) is 2.96. The van der Waals surface area contributed by atoms with Crippen molar-refractivity contribution in [3.05, 3.63) is 83.7 Å². The first-order valence-corrected chi connectivity index (χ1v) is 14.9. The van der Waals surface area contributed by atoms with Gasteiger partial charge in [0.05, 0.1) is 29.7 Å². The molecule has 10 nitrogen and oxygen atoms in total. The maximum atomic E-state index is 13.7. The number of sulfonamides is 1. The monoisotopic (exact) mass is 598 g/mol. The van der Waals surface area contributed by atoms with E-state index in [1.54, 1.807) is 43.3 Å². The Morgan fingerprint density at radius 2 is 1.71 bits per heavy atom. The predicted molar refractivity (Wildman–Crippen MR) is 158 cm³/mol. The fourth-order valence-corrected chi connectivity index (χ4v) is 5.77. The van der Waals surface area contributed by atoms with Crippen LogP contribution in [-0.2, 0) is 10.0 Å². The van der Waals surface area contributed by atoms with Gasteiger partial charge >= 0.3 is 6.03 Å². The highest BCUT2D eigenvalue weighted by Crippen LogP contribution is 2.31. The minimum Gasteiger partial charge on any atom is -0.488 e. The molecular formula is C30H35FN4O6S. The van der Waals surface area contributed by atoms with Crippen molar-refractivity contribution in [1.82, 2.24) is 9.21 Å². The summed E-state index contributed by atoms with van der Waals surface area (Å²) >= 11 is 0. The van der Waals surface area contributed by atoms with Gasteiger partial charge in [0, 0.05) is 30.9 Å². The molecule has 3 N–H and O–H groups in total. The van der Waals surface area contributed by atoms with Crippen LogP contribution in [0.3, 0.4) is 0 Å². The molecule has 1 aliphatic heterocycles. The summed E-state index contributed by atoms with van der Waals surface area (Å²) in [5.74, 6) is -0.919. The minimum atomic E-state index is -3.81. The number of hydrogen-bond donors (Lipinski definition) is 3. The van der Waals surface area contributed by atoms with Crippen molar-refractivity contribution < 1.29 is 32.2 Å². The number of amides is 3. The molecule has 3 amide bonds. The lowest BCUT2D eigenvalue weighted by atomic mass is 9.99. The lowest BCUT2D eigenvalue weighted by molar-refractivity contribution is 0.0387. The number of aliphatic hydroxyl groups excluding tert-OH is 1. The van der Waals surface area contributed by atoms with Gasteiger partial charge in [0.2, 0.25) is 10.0 Å². The average molecular weight is 599 g/mol. The molecule has 1 heterocycles. The third-order valence-corrected chi connectivity index (χ3v) is 9.03. The molecule has 1 aliphatic rings. The number of aryl methyl sites for hydroxylation is 1. The molecule has 0 fully saturated rings. The molecule has 12 heteroatoms. The zero-order chi connectivity index (χ0) is 30.6. The van der Waals surface area contributed by atoms with Crippen LogP contribution >= 0.6 is 0 Å². The van der Waals surface area contributed by atoms with Crippen LogP contribution in [0.15, 0.2) is 71.6 Å². The van der Waals surface area contributed by atoms with Crippen molar-refractivity contribution in [2.45, 2.75) is 37.8 Å². The fraction of sp³-hybridized carbons (Fsp3) is 0.333. The van der Waals surface area contributed by atoms with Crippen LogP contribution in [0.4, 0.5) is 20.6 Å². The van der Waals surface area contributed by atoms with E-state index >= 15 is 0 Å². The molecule has 3 aromatic rings. The van der Waals surface area contributed by atoms with Crippen LogP contribution in [0, 0.1) is 18.7 Å². The van der Waals surface area contributed by atoms with E-state index in [2.05, 4.69) is 10.6 Å². The lowest BCUT2D eigenvalue weighted by Gasteiger charge is -2.38. The SMILES string of the molecule is Cc1ccc(S(=O)(=O)N(C)C[C@@H]2Oc3ccc(NC(=O)Nc4ccc(F)cc4)cc3C(=O)N([C@@H](C)CO)C[C@H]2C)cc1. The topological polar surface area (TPSA) is 128 Å². The molecule has 42 heavy (non-hydrogen) atoms. The number of benzene rings is 3. The van der Waals surface area contributed by atoms with Gasteiger partial charge in [-0.25, -0.2) is 17.6 Å². The summed E-state index contributed by atoms with van der Waals surface area (Å²) in [5.41, 5.74) is 1.76. The van der Waals surface area contributed by atoms with E-state index in [0.717, 1.165) is 5.56 Å². The summed E-state index contributed by atoms with van der Waals surface area (Å²) in [5, 5.41) is 15.1. The van der Waals surface area contributed by atoms with E-state index in [0.29, 0.717) is 11.4 Å². The number of aliphatic hydroxyl groups is 1. The summed E-state index contributed by atoms with van der Waals surface area (Å²) in [4.78, 5) is 27.9. The second-order valence-electron chi connectivity index (χ2n) is 10.5. The number of likely N-dealkylation sites (N-methyl/N-ethyl adjacent to an activating group) is 1. The Hall–Kier alpha value is -4.00.